The first kappa shape index (κ1) is 15.4. The van der Waals surface area contributed by atoms with Crippen molar-refractivity contribution in [1.29, 1.82) is 0 Å². The smallest absolute Gasteiger partial charge is 0.262 e. The Morgan fingerprint density at radius 1 is 1.48 bits per heavy atom. The molecule has 3 rings (SSSR count). The van der Waals surface area contributed by atoms with E-state index in [9.17, 15) is 9.59 Å². The molecule has 2 N–H and O–H groups in total. The van der Waals surface area contributed by atoms with E-state index in [1.54, 1.807) is 6.92 Å². The number of hydrogen-bond donors (Lipinski definition) is 2. The number of nitrogens with zero attached hydrogens (tertiary/aromatic N) is 2. The summed E-state index contributed by atoms with van der Waals surface area (Å²) in [6, 6.07) is 1.84. The maximum Gasteiger partial charge on any atom is 0.262 e. The van der Waals surface area contributed by atoms with Crippen LogP contribution >= 0.6 is 11.3 Å². The summed E-state index contributed by atoms with van der Waals surface area (Å²) in [5.74, 6) is 0.356. The Hall–Kier alpha value is -2.48. The van der Waals surface area contributed by atoms with Crippen molar-refractivity contribution < 1.29 is 9.32 Å². The molecule has 1 amide bonds. The summed E-state index contributed by atoms with van der Waals surface area (Å²) in [7, 11) is 0. The Bertz CT molecular complexity index is 909. The summed E-state index contributed by atoms with van der Waals surface area (Å²) in [5, 5.41) is 7.20. The van der Waals surface area contributed by atoms with E-state index < -0.39 is 0 Å². The van der Waals surface area contributed by atoms with E-state index in [2.05, 4.69) is 27.4 Å². The van der Waals surface area contributed by atoms with Crippen molar-refractivity contribution in [3.8, 4) is 0 Å². The van der Waals surface area contributed by atoms with Gasteiger partial charge in [-0.25, -0.2) is 4.98 Å². The summed E-state index contributed by atoms with van der Waals surface area (Å²) < 4.78 is 5.18. The largest absolute Gasteiger partial charge is 0.359 e. The van der Waals surface area contributed by atoms with Gasteiger partial charge in [-0.2, -0.15) is 0 Å². The first-order valence-corrected chi connectivity index (χ1v) is 8.11. The van der Waals surface area contributed by atoms with Crippen LogP contribution in [0.2, 0.25) is 0 Å². The molecule has 0 aliphatic rings. The number of hydrogen-bond acceptors (Lipinski definition) is 6. The van der Waals surface area contributed by atoms with Crippen molar-refractivity contribution >= 4 is 27.5 Å². The predicted molar refractivity (Wildman–Crippen MR) is 86.6 cm³/mol. The fourth-order valence-corrected chi connectivity index (χ4v) is 3.42. The topological polar surface area (TPSA) is 101 Å². The van der Waals surface area contributed by atoms with Gasteiger partial charge in [0, 0.05) is 6.07 Å². The third-order valence-corrected chi connectivity index (χ3v) is 4.67. The SMILES string of the molecule is CCCc1cc(CNC(=O)c2sc3nc[nH]c(=O)c3c2C)on1. The molecule has 0 saturated carbocycles. The molecule has 0 aliphatic heterocycles. The molecular weight excluding hydrogens is 316 g/mol. The molecule has 7 nitrogen and oxygen atoms in total. The highest BCUT2D eigenvalue weighted by Gasteiger charge is 2.18. The number of aryl methyl sites for hydroxylation is 2. The van der Waals surface area contributed by atoms with Crippen LogP contribution in [0.1, 0.15) is 40.0 Å². The van der Waals surface area contributed by atoms with Gasteiger partial charge in [-0.3, -0.25) is 9.59 Å². The van der Waals surface area contributed by atoms with Crippen molar-refractivity contribution in [3.05, 3.63) is 44.6 Å². The molecule has 0 atom stereocenters. The lowest BCUT2D eigenvalue weighted by Gasteiger charge is -2.01. The zero-order valence-corrected chi connectivity index (χ0v) is 13.6. The minimum atomic E-state index is -0.252. The normalized spacial score (nSPS) is 11.0. The van der Waals surface area contributed by atoms with Gasteiger partial charge in [0.25, 0.3) is 11.5 Å². The molecule has 3 aromatic rings. The van der Waals surface area contributed by atoms with Gasteiger partial charge >= 0.3 is 0 Å². The van der Waals surface area contributed by atoms with Gasteiger partial charge in [0.05, 0.1) is 28.8 Å². The van der Waals surface area contributed by atoms with Crippen molar-refractivity contribution in [2.75, 3.05) is 0 Å². The lowest BCUT2D eigenvalue weighted by molar-refractivity contribution is 0.0950. The first-order chi connectivity index (χ1) is 11.1. The molecule has 0 bridgehead atoms. The van der Waals surface area contributed by atoms with E-state index in [0.717, 1.165) is 18.5 Å². The number of thiophene rings is 1. The lowest BCUT2D eigenvalue weighted by Crippen LogP contribution is -2.22. The van der Waals surface area contributed by atoms with E-state index in [1.807, 2.05) is 6.07 Å². The third-order valence-electron chi connectivity index (χ3n) is 3.48. The molecule has 0 unspecified atom stereocenters. The molecule has 8 heteroatoms. The zero-order chi connectivity index (χ0) is 16.4. The van der Waals surface area contributed by atoms with E-state index in [0.29, 0.717) is 26.4 Å². The maximum absolute atomic E-state index is 12.3. The van der Waals surface area contributed by atoms with Gasteiger partial charge in [-0.05, 0) is 18.9 Å². The Morgan fingerprint density at radius 3 is 3.04 bits per heavy atom. The van der Waals surface area contributed by atoms with Crippen LogP contribution in [0.4, 0.5) is 0 Å². The van der Waals surface area contributed by atoms with Crippen LogP contribution in [0.25, 0.3) is 10.2 Å². The van der Waals surface area contributed by atoms with E-state index in [1.165, 1.54) is 17.7 Å². The molecule has 0 aliphatic carbocycles. The van der Waals surface area contributed by atoms with Gasteiger partial charge in [-0.15, -0.1) is 11.3 Å². The number of aromatic amines is 1. The van der Waals surface area contributed by atoms with E-state index in [4.69, 9.17) is 4.52 Å². The number of rotatable bonds is 5. The average molecular weight is 332 g/mol. The summed E-state index contributed by atoms with van der Waals surface area (Å²) in [6.07, 6.45) is 3.17. The Kier molecular flexibility index (Phi) is 4.24. The van der Waals surface area contributed by atoms with E-state index >= 15 is 0 Å². The standard InChI is InChI=1S/C15H16N4O3S/c1-3-4-9-5-10(22-19-9)6-16-14(21)12-8(2)11-13(20)17-7-18-15(11)23-12/h5,7H,3-4,6H2,1-2H3,(H,16,21)(H,17,18,20). The van der Waals surface area contributed by atoms with Gasteiger partial charge in [0.15, 0.2) is 5.76 Å². The van der Waals surface area contributed by atoms with Crippen LogP contribution in [-0.4, -0.2) is 21.0 Å². The van der Waals surface area contributed by atoms with Gasteiger partial charge in [-0.1, -0.05) is 18.5 Å². The molecule has 3 heterocycles. The van der Waals surface area contributed by atoms with Gasteiger partial charge < -0.3 is 14.8 Å². The van der Waals surface area contributed by atoms with Crippen LogP contribution < -0.4 is 10.9 Å². The van der Waals surface area contributed by atoms with Crippen LogP contribution in [0.3, 0.4) is 0 Å². The van der Waals surface area contributed by atoms with Crippen molar-refractivity contribution in [1.82, 2.24) is 20.4 Å². The maximum atomic E-state index is 12.3. The fourth-order valence-electron chi connectivity index (χ4n) is 2.36. The molecule has 0 saturated heterocycles. The van der Waals surface area contributed by atoms with Crippen molar-refractivity contribution in [2.45, 2.75) is 33.2 Å². The van der Waals surface area contributed by atoms with Gasteiger partial charge in [0.1, 0.15) is 4.83 Å². The quantitative estimate of drug-likeness (QED) is 0.745. The second-order valence-corrected chi connectivity index (χ2v) is 6.18. The van der Waals surface area contributed by atoms with Crippen LogP contribution in [-0.2, 0) is 13.0 Å². The highest BCUT2D eigenvalue weighted by molar-refractivity contribution is 7.20. The molecule has 0 fully saturated rings. The third kappa shape index (κ3) is 3.02. The number of carbonyl (C=O) groups is 1. The van der Waals surface area contributed by atoms with Gasteiger partial charge in [0.2, 0.25) is 0 Å². The molecule has 0 radical (unpaired) electrons. The van der Waals surface area contributed by atoms with Crippen LogP contribution in [0.15, 0.2) is 21.7 Å². The highest BCUT2D eigenvalue weighted by Crippen LogP contribution is 2.26. The molecular formula is C15H16N4O3S. The van der Waals surface area contributed by atoms with Crippen molar-refractivity contribution in [3.63, 3.8) is 0 Å². The number of amides is 1. The number of aromatic nitrogens is 3. The summed E-state index contributed by atoms with van der Waals surface area (Å²) in [6.45, 7) is 4.07. The Morgan fingerprint density at radius 2 is 2.30 bits per heavy atom. The molecule has 0 spiro atoms. The van der Waals surface area contributed by atoms with E-state index in [-0.39, 0.29) is 18.0 Å². The Balaban J connectivity index is 1.77. The number of carbonyl (C=O) groups excluding carboxylic acids is 1. The minimum Gasteiger partial charge on any atom is -0.359 e. The predicted octanol–water partition coefficient (Wildman–Crippen LogP) is 2.16. The number of nitrogens with one attached hydrogen (secondary N) is 2. The second kappa shape index (κ2) is 6.33. The Labute approximate surface area is 135 Å². The number of fused-ring (bicyclic) bond motifs is 1. The molecule has 0 aromatic carbocycles. The minimum absolute atomic E-state index is 0.234. The second-order valence-electron chi connectivity index (χ2n) is 5.19. The zero-order valence-electron chi connectivity index (χ0n) is 12.8. The first-order valence-electron chi connectivity index (χ1n) is 7.29. The summed E-state index contributed by atoms with van der Waals surface area (Å²) >= 11 is 1.21. The summed E-state index contributed by atoms with van der Waals surface area (Å²) in [4.78, 5) is 31.9. The molecule has 120 valence electrons. The monoisotopic (exact) mass is 332 g/mol. The molecule has 3 aromatic heterocycles. The molecule has 23 heavy (non-hydrogen) atoms. The van der Waals surface area contributed by atoms with Crippen LogP contribution in [0, 0.1) is 6.92 Å². The summed E-state index contributed by atoms with van der Waals surface area (Å²) in [5.41, 5.74) is 1.29. The lowest BCUT2D eigenvalue weighted by atomic mass is 10.2. The van der Waals surface area contributed by atoms with Crippen LogP contribution in [0.5, 0.6) is 0 Å². The fraction of sp³-hybridized carbons (Fsp3) is 0.333. The van der Waals surface area contributed by atoms with Crippen molar-refractivity contribution in [2.24, 2.45) is 0 Å². The average Bonchev–Trinajstić information content (AvgIpc) is 3.11. The number of H-pyrrole nitrogens is 1. The highest BCUT2D eigenvalue weighted by atomic mass is 32.1.